The van der Waals surface area contributed by atoms with Gasteiger partial charge in [-0.25, -0.2) is 9.59 Å². The molecule has 178 valence electrons. The molecule has 0 radical (unpaired) electrons. The van der Waals surface area contributed by atoms with Gasteiger partial charge >= 0.3 is 18.0 Å². The Balaban J connectivity index is 2.06. The Hall–Kier alpha value is -2.78. The molecule has 1 aliphatic heterocycles. The fraction of sp³-hybridized carbons (Fsp3) is 0.650. The van der Waals surface area contributed by atoms with E-state index in [1.165, 1.54) is 0 Å². The molecule has 3 atom stereocenters. The van der Waals surface area contributed by atoms with Crippen molar-refractivity contribution in [1.82, 2.24) is 14.9 Å². The first kappa shape index (κ1) is 25.5. The lowest BCUT2D eigenvalue weighted by atomic mass is 10.2. The minimum atomic E-state index is -4.96. The highest BCUT2D eigenvalue weighted by Crippen LogP contribution is 2.32. The van der Waals surface area contributed by atoms with E-state index in [-0.39, 0.29) is 19.6 Å². The third-order valence-corrected chi connectivity index (χ3v) is 4.82. The first-order valence-electron chi connectivity index (χ1n) is 10.2. The van der Waals surface area contributed by atoms with E-state index < -0.39 is 47.5 Å². The van der Waals surface area contributed by atoms with Crippen molar-refractivity contribution < 1.29 is 32.2 Å². The van der Waals surface area contributed by atoms with Crippen molar-refractivity contribution in [3.8, 4) is 12.3 Å². The molecule has 2 rings (SSSR count). The molecule has 32 heavy (non-hydrogen) atoms. The number of nitrogens with one attached hydrogen (secondary N) is 2. The summed E-state index contributed by atoms with van der Waals surface area (Å²) in [5.74, 6) is 2.26. The molecular weight excluding hydrogens is 435 g/mol. The van der Waals surface area contributed by atoms with E-state index in [0.717, 1.165) is 25.7 Å². The highest BCUT2D eigenvalue weighted by atomic mass is 19.4. The number of ether oxygens (including phenoxy) is 3. The van der Waals surface area contributed by atoms with E-state index in [1.54, 1.807) is 4.98 Å². The first-order chi connectivity index (χ1) is 15.2. The van der Waals surface area contributed by atoms with E-state index in [1.807, 2.05) is 0 Å². The van der Waals surface area contributed by atoms with Gasteiger partial charge in [-0.1, -0.05) is 32.1 Å². The van der Waals surface area contributed by atoms with Crippen LogP contribution in [0.1, 0.15) is 50.8 Å². The smallest absolute Gasteiger partial charge is 0.423 e. The number of unbranched alkanes of at least 4 members (excludes halogenated alkanes) is 3. The number of alkyl halides is 3. The predicted octanol–water partition coefficient (Wildman–Crippen LogP) is 2.17. The van der Waals surface area contributed by atoms with Crippen molar-refractivity contribution in [2.45, 2.75) is 63.6 Å². The number of nitrogens with zero attached hydrogens (tertiary/aromatic N) is 1. The number of alkyl carbamates (subject to hydrolysis) is 1. The lowest BCUT2D eigenvalue weighted by Crippen LogP contribution is -2.36. The van der Waals surface area contributed by atoms with Crippen LogP contribution in [0.4, 0.5) is 18.0 Å². The number of aromatic amines is 1. The van der Waals surface area contributed by atoms with Crippen LogP contribution in [0.15, 0.2) is 15.8 Å². The summed E-state index contributed by atoms with van der Waals surface area (Å²) < 4.78 is 56.0. The van der Waals surface area contributed by atoms with E-state index in [2.05, 4.69) is 18.2 Å². The van der Waals surface area contributed by atoms with E-state index in [0.29, 0.717) is 17.3 Å². The number of hydrogen-bond acceptors (Lipinski definition) is 6. The number of carbonyl (C=O) groups is 1. The van der Waals surface area contributed by atoms with Crippen LogP contribution in [0, 0.1) is 12.3 Å². The van der Waals surface area contributed by atoms with Gasteiger partial charge in [0.15, 0.2) is 0 Å². The second kappa shape index (κ2) is 11.7. The summed E-state index contributed by atoms with van der Waals surface area (Å²) in [7, 11) is 0. The Morgan fingerprint density at radius 2 is 2.12 bits per heavy atom. The molecule has 1 aromatic heterocycles. The highest BCUT2D eigenvalue weighted by molar-refractivity contribution is 5.67. The lowest BCUT2D eigenvalue weighted by molar-refractivity contribution is -0.139. The topological polar surface area (TPSA) is 112 Å². The van der Waals surface area contributed by atoms with Gasteiger partial charge in [0, 0.05) is 19.2 Å². The second-order valence-electron chi connectivity index (χ2n) is 7.21. The van der Waals surface area contributed by atoms with Crippen LogP contribution >= 0.6 is 0 Å². The van der Waals surface area contributed by atoms with Gasteiger partial charge in [0.05, 0.1) is 6.10 Å². The molecule has 1 saturated heterocycles. The molecule has 0 aromatic carbocycles. The molecule has 12 heteroatoms. The number of hydrogen-bond donors (Lipinski definition) is 2. The van der Waals surface area contributed by atoms with Crippen LogP contribution in [-0.2, 0) is 20.4 Å². The maximum Gasteiger partial charge on any atom is 0.423 e. The molecule has 0 saturated carbocycles. The average molecular weight is 461 g/mol. The van der Waals surface area contributed by atoms with Crippen LogP contribution in [0.25, 0.3) is 0 Å². The van der Waals surface area contributed by atoms with Gasteiger partial charge in [-0.15, -0.1) is 6.42 Å². The third kappa shape index (κ3) is 7.13. The summed E-state index contributed by atoms with van der Waals surface area (Å²) in [6.45, 7) is 2.13. The summed E-state index contributed by atoms with van der Waals surface area (Å²) in [4.78, 5) is 37.1. The van der Waals surface area contributed by atoms with Crippen LogP contribution in [0.3, 0.4) is 0 Å². The van der Waals surface area contributed by atoms with E-state index in [4.69, 9.17) is 20.6 Å². The second-order valence-corrected chi connectivity index (χ2v) is 7.21. The summed E-state index contributed by atoms with van der Waals surface area (Å²) in [6.07, 6.45) is 0.983. The van der Waals surface area contributed by atoms with E-state index >= 15 is 0 Å². The van der Waals surface area contributed by atoms with Gasteiger partial charge in [-0.05, 0) is 6.42 Å². The molecule has 1 aliphatic rings. The summed E-state index contributed by atoms with van der Waals surface area (Å²) >= 11 is 0. The Morgan fingerprint density at radius 1 is 1.38 bits per heavy atom. The van der Waals surface area contributed by atoms with Gasteiger partial charge in [-0.2, -0.15) is 13.2 Å². The Morgan fingerprint density at radius 3 is 2.78 bits per heavy atom. The molecule has 1 amide bonds. The van der Waals surface area contributed by atoms with Crippen LogP contribution < -0.4 is 16.6 Å². The minimum absolute atomic E-state index is 0.0441. The van der Waals surface area contributed by atoms with Crippen LogP contribution in [-0.4, -0.2) is 47.6 Å². The van der Waals surface area contributed by atoms with Gasteiger partial charge < -0.3 is 19.5 Å². The van der Waals surface area contributed by atoms with Gasteiger partial charge in [0.1, 0.15) is 31.1 Å². The summed E-state index contributed by atoms with van der Waals surface area (Å²) in [5, 5.41) is 2.60. The molecule has 1 aromatic rings. The number of rotatable bonds is 10. The van der Waals surface area contributed by atoms with Gasteiger partial charge in [0.2, 0.25) is 0 Å². The zero-order valence-electron chi connectivity index (χ0n) is 17.6. The maximum absolute atomic E-state index is 13.1. The number of carbonyl (C=O) groups excluding carboxylic acids is 1. The number of aromatic nitrogens is 2. The van der Waals surface area contributed by atoms with Crippen molar-refractivity contribution >= 4 is 6.09 Å². The van der Waals surface area contributed by atoms with Crippen molar-refractivity contribution in [2.24, 2.45) is 0 Å². The van der Waals surface area contributed by atoms with Crippen LogP contribution in [0.2, 0.25) is 0 Å². The number of terminal acetylenes is 1. The van der Waals surface area contributed by atoms with Gasteiger partial charge in [-0.3, -0.25) is 14.3 Å². The molecule has 2 heterocycles. The normalized spacial score (nSPS) is 20.7. The average Bonchev–Trinajstić information content (AvgIpc) is 3.12. The molecule has 0 spiro atoms. The largest absolute Gasteiger partial charge is 0.447 e. The van der Waals surface area contributed by atoms with Crippen LogP contribution in [0.5, 0.6) is 0 Å². The van der Waals surface area contributed by atoms with Gasteiger partial charge in [0.25, 0.3) is 5.56 Å². The molecular formula is C20H26F3N3O6. The fourth-order valence-corrected chi connectivity index (χ4v) is 3.20. The Kier molecular flexibility index (Phi) is 9.34. The predicted molar refractivity (Wildman–Crippen MR) is 107 cm³/mol. The standard InChI is InChI=1S/C20H26F3N3O6/c1-3-5-6-7-8-24-19(29)31-12-15-14(30-9-4-2)10-16(32-15)26-11-13(20(21,22)23)17(27)25-18(26)28/h2,11,14-16H,3,5-10,12H2,1H3,(H,24,29)(H,25,27,28)/t14-,15+,16+/m0/s1. The molecule has 9 nitrogen and oxygen atoms in total. The van der Waals surface area contributed by atoms with Crippen molar-refractivity contribution in [3.05, 3.63) is 32.6 Å². The van der Waals surface area contributed by atoms with Crippen molar-refractivity contribution in [1.29, 1.82) is 0 Å². The summed E-state index contributed by atoms with van der Waals surface area (Å²) in [5.41, 5.74) is -4.16. The molecule has 0 aliphatic carbocycles. The Bertz CT molecular complexity index is 921. The quantitative estimate of drug-likeness (QED) is 0.408. The zero-order chi connectivity index (χ0) is 23.7. The summed E-state index contributed by atoms with van der Waals surface area (Å²) in [6, 6.07) is 0. The third-order valence-electron chi connectivity index (χ3n) is 4.82. The fourth-order valence-electron chi connectivity index (χ4n) is 3.20. The van der Waals surface area contributed by atoms with Crippen molar-refractivity contribution in [3.63, 3.8) is 0 Å². The number of H-pyrrole nitrogens is 1. The number of amides is 1. The lowest BCUT2D eigenvalue weighted by Gasteiger charge is -2.18. The molecule has 0 unspecified atom stereocenters. The SMILES string of the molecule is C#CCO[C@H]1C[C@H](n2cc(C(F)(F)F)c(=O)[nH]c2=O)O[C@@H]1COC(=O)NCCCCCC. The number of halogens is 3. The van der Waals surface area contributed by atoms with E-state index in [9.17, 15) is 27.6 Å². The highest BCUT2D eigenvalue weighted by Gasteiger charge is 2.40. The molecule has 1 fully saturated rings. The first-order valence-corrected chi connectivity index (χ1v) is 10.2. The molecule has 0 bridgehead atoms. The van der Waals surface area contributed by atoms with Crippen molar-refractivity contribution in [2.75, 3.05) is 19.8 Å². The zero-order valence-corrected chi connectivity index (χ0v) is 17.6. The Labute approximate surface area is 182 Å². The minimum Gasteiger partial charge on any atom is -0.447 e. The molecule has 2 N–H and O–H groups in total. The monoisotopic (exact) mass is 461 g/mol. The maximum atomic E-state index is 13.1.